The number of para-hydroxylation sites is 2. The summed E-state index contributed by atoms with van der Waals surface area (Å²) in [5.74, 6) is 5.11. The molecular weight excluding hydrogens is 288 g/mol. The van der Waals surface area contributed by atoms with E-state index in [0.29, 0.717) is 6.61 Å². The average Bonchev–Trinajstić information content (AvgIpc) is 2.54. The van der Waals surface area contributed by atoms with Gasteiger partial charge in [0.2, 0.25) is 0 Å². The minimum Gasteiger partial charge on any atom is -0.486 e. The summed E-state index contributed by atoms with van der Waals surface area (Å²) in [4.78, 5) is 2.56. The normalized spacial score (nSPS) is 24.0. The maximum atomic E-state index is 6.06. The molecule has 0 spiro atoms. The Morgan fingerprint density at radius 3 is 2.60 bits per heavy atom. The minimum absolute atomic E-state index is 0.00996. The Bertz CT molecular complexity index is 574. The van der Waals surface area contributed by atoms with Crippen molar-refractivity contribution >= 4 is 23.5 Å². The number of hydrogen-bond donors (Lipinski definition) is 0. The summed E-state index contributed by atoms with van der Waals surface area (Å²) in [6.07, 6.45) is 0.00996. The lowest BCUT2D eigenvalue weighted by Gasteiger charge is -2.33. The van der Waals surface area contributed by atoms with E-state index in [-0.39, 0.29) is 11.4 Å². The molecule has 0 fully saturated rings. The van der Waals surface area contributed by atoms with Crippen molar-refractivity contribution in [1.29, 1.82) is 0 Å². The summed E-state index contributed by atoms with van der Waals surface area (Å²) in [7, 11) is 0. The second-order valence-corrected chi connectivity index (χ2v) is 6.68. The molecule has 0 amide bonds. The Morgan fingerprint density at radius 1 is 0.950 bits per heavy atom. The molecule has 0 N–H and O–H groups in total. The van der Waals surface area contributed by atoms with Crippen molar-refractivity contribution in [3.8, 4) is 11.5 Å². The minimum atomic E-state index is 0.00996. The first kappa shape index (κ1) is 12.5. The fraction of sp³-hybridized carbons (Fsp3) is 0.188. The zero-order chi connectivity index (χ0) is 13.4. The van der Waals surface area contributed by atoms with E-state index in [2.05, 4.69) is 30.0 Å². The van der Waals surface area contributed by atoms with Gasteiger partial charge in [-0.1, -0.05) is 24.3 Å². The smallest absolute Gasteiger partial charge is 0.161 e. The molecule has 2 aliphatic rings. The molecule has 2 atom stereocenters. The number of fused-ring (bicyclic) bond motifs is 2. The van der Waals surface area contributed by atoms with E-state index >= 15 is 0 Å². The third kappa shape index (κ3) is 2.27. The fourth-order valence-electron chi connectivity index (χ4n) is 2.25. The predicted octanol–water partition coefficient (Wildman–Crippen LogP) is 4.13. The van der Waals surface area contributed by atoms with Crippen LogP contribution < -0.4 is 9.47 Å². The van der Waals surface area contributed by atoms with Crippen LogP contribution in [-0.4, -0.2) is 18.0 Å². The summed E-state index contributed by atoms with van der Waals surface area (Å²) in [5.41, 5.74) is 0. The maximum absolute atomic E-state index is 6.06. The first-order valence-electron chi connectivity index (χ1n) is 6.47. The van der Waals surface area contributed by atoms with Gasteiger partial charge in [0.25, 0.3) is 0 Å². The largest absolute Gasteiger partial charge is 0.486 e. The lowest BCUT2D eigenvalue weighted by molar-refractivity contribution is 0.0954. The Balaban J connectivity index is 1.53. The van der Waals surface area contributed by atoms with Crippen molar-refractivity contribution in [2.75, 3.05) is 6.61 Å². The molecule has 2 unspecified atom stereocenters. The molecule has 0 saturated heterocycles. The van der Waals surface area contributed by atoms with Crippen molar-refractivity contribution in [2.45, 2.75) is 21.1 Å². The second kappa shape index (κ2) is 5.26. The summed E-state index contributed by atoms with van der Waals surface area (Å²) in [5, 5.41) is 0.184. The molecule has 0 saturated carbocycles. The molecule has 100 valence electrons. The van der Waals surface area contributed by atoms with E-state index in [1.165, 1.54) is 9.79 Å². The molecule has 4 heteroatoms. The summed E-state index contributed by atoms with van der Waals surface area (Å²) < 4.78 is 11.9. The van der Waals surface area contributed by atoms with Gasteiger partial charge in [-0.3, -0.25) is 0 Å². The van der Waals surface area contributed by atoms with Crippen LogP contribution in [-0.2, 0) is 0 Å². The van der Waals surface area contributed by atoms with Crippen LogP contribution in [0.25, 0.3) is 0 Å². The van der Waals surface area contributed by atoms with Crippen LogP contribution in [0.4, 0.5) is 0 Å². The Morgan fingerprint density at radius 2 is 1.70 bits per heavy atom. The van der Waals surface area contributed by atoms with Gasteiger partial charge >= 0.3 is 0 Å². The predicted molar refractivity (Wildman–Crippen MR) is 81.5 cm³/mol. The number of ether oxygens (including phenoxy) is 2. The third-order valence-corrected chi connectivity index (χ3v) is 5.77. The van der Waals surface area contributed by atoms with Crippen LogP contribution in [0, 0.1) is 5.75 Å². The molecule has 2 aromatic carbocycles. The molecule has 0 aliphatic carbocycles. The number of hydrogen-bond acceptors (Lipinski definition) is 4. The van der Waals surface area contributed by atoms with Gasteiger partial charge in [0.1, 0.15) is 12.7 Å². The Labute approximate surface area is 126 Å². The summed E-state index contributed by atoms with van der Waals surface area (Å²) in [6, 6.07) is 16.2. The van der Waals surface area contributed by atoms with Crippen LogP contribution in [0.5, 0.6) is 11.5 Å². The highest BCUT2D eigenvalue weighted by molar-refractivity contribution is 8.07. The number of benzene rings is 2. The van der Waals surface area contributed by atoms with Gasteiger partial charge in [-0.2, -0.15) is 0 Å². The molecule has 2 aromatic rings. The highest BCUT2D eigenvalue weighted by atomic mass is 32.2. The van der Waals surface area contributed by atoms with Crippen LogP contribution >= 0.6 is 23.5 Å². The molecular formula is C16H12O2S2. The van der Waals surface area contributed by atoms with Gasteiger partial charge in [0.15, 0.2) is 11.5 Å². The van der Waals surface area contributed by atoms with Gasteiger partial charge in [0.05, 0.1) is 11.0 Å². The van der Waals surface area contributed by atoms with E-state index in [9.17, 15) is 0 Å². The van der Waals surface area contributed by atoms with Crippen LogP contribution in [0.2, 0.25) is 0 Å². The molecule has 2 radical (unpaired) electrons. The van der Waals surface area contributed by atoms with Crippen molar-refractivity contribution in [3.05, 3.63) is 54.3 Å². The van der Waals surface area contributed by atoms with Gasteiger partial charge in [-0.05, 0) is 24.3 Å². The lowest BCUT2D eigenvalue weighted by Crippen LogP contribution is -2.38. The van der Waals surface area contributed by atoms with E-state index < -0.39 is 0 Å². The first-order valence-corrected chi connectivity index (χ1v) is 8.16. The van der Waals surface area contributed by atoms with E-state index in [1.807, 2.05) is 24.3 Å². The zero-order valence-electron chi connectivity index (χ0n) is 10.6. The Hall–Kier alpha value is -1.26. The van der Waals surface area contributed by atoms with Crippen molar-refractivity contribution < 1.29 is 9.47 Å². The second-order valence-electron chi connectivity index (χ2n) is 4.62. The Kier molecular flexibility index (Phi) is 3.28. The van der Waals surface area contributed by atoms with E-state index in [1.54, 1.807) is 23.5 Å². The summed E-state index contributed by atoms with van der Waals surface area (Å²) >= 11 is 3.47. The number of rotatable bonds is 1. The average molecular weight is 300 g/mol. The zero-order valence-corrected chi connectivity index (χ0v) is 12.2. The standard InChI is InChI=1S/C16H12O2S2/c1-2-6-12-11(5-1)17-9-13(18-12)16-10-19-14-7-3-4-8-15(14)20-16/h1-8,13,16H,9H2. The van der Waals surface area contributed by atoms with Gasteiger partial charge < -0.3 is 9.47 Å². The van der Waals surface area contributed by atoms with E-state index in [0.717, 1.165) is 11.5 Å². The lowest BCUT2D eigenvalue weighted by atomic mass is 10.2. The highest BCUT2D eigenvalue weighted by Crippen LogP contribution is 2.46. The van der Waals surface area contributed by atoms with Gasteiger partial charge in [0, 0.05) is 9.79 Å². The van der Waals surface area contributed by atoms with Crippen LogP contribution in [0.3, 0.4) is 0 Å². The molecule has 4 rings (SSSR count). The molecule has 20 heavy (non-hydrogen) atoms. The van der Waals surface area contributed by atoms with Gasteiger partial charge in [-0.15, -0.1) is 23.5 Å². The molecule has 2 nitrogen and oxygen atoms in total. The summed E-state index contributed by atoms with van der Waals surface area (Å²) in [6.45, 7) is 0.574. The SMILES string of the molecule is [C]1Sc2ccccc2SC1C1COc2ccccc2O1. The molecule has 2 heterocycles. The quantitative estimate of drug-likeness (QED) is 0.788. The van der Waals surface area contributed by atoms with Crippen LogP contribution in [0.1, 0.15) is 0 Å². The monoisotopic (exact) mass is 300 g/mol. The molecule has 0 aromatic heterocycles. The van der Waals surface area contributed by atoms with E-state index in [4.69, 9.17) is 9.47 Å². The maximum Gasteiger partial charge on any atom is 0.161 e. The number of thioether (sulfide) groups is 2. The highest BCUT2D eigenvalue weighted by Gasteiger charge is 2.33. The van der Waals surface area contributed by atoms with Crippen molar-refractivity contribution in [1.82, 2.24) is 0 Å². The third-order valence-electron chi connectivity index (χ3n) is 3.26. The molecule has 0 bridgehead atoms. The van der Waals surface area contributed by atoms with Crippen molar-refractivity contribution in [2.24, 2.45) is 0 Å². The van der Waals surface area contributed by atoms with Crippen molar-refractivity contribution in [3.63, 3.8) is 0 Å². The van der Waals surface area contributed by atoms with Crippen LogP contribution in [0.15, 0.2) is 58.3 Å². The van der Waals surface area contributed by atoms with Gasteiger partial charge in [-0.25, -0.2) is 0 Å². The first-order chi connectivity index (χ1) is 9.90. The topological polar surface area (TPSA) is 18.5 Å². The fourth-order valence-corrected chi connectivity index (χ4v) is 4.47. The molecule has 2 aliphatic heterocycles.